The molecule has 1 aromatic carbocycles. The van der Waals surface area contributed by atoms with Crippen molar-refractivity contribution < 1.29 is 18.7 Å². The van der Waals surface area contributed by atoms with Crippen LogP contribution >= 0.6 is 0 Å². The molecular weight excluding hydrogens is 328 g/mol. The summed E-state index contributed by atoms with van der Waals surface area (Å²) < 4.78 is 28.1. The lowest BCUT2D eigenvalue weighted by Crippen LogP contribution is -2.04. The Hall–Kier alpha value is -3.35. The Labute approximate surface area is 142 Å². The predicted octanol–water partition coefficient (Wildman–Crippen LogP) is 4.17. The van der Waals surface area contributed by atoms with Crippen LogP contribution in [0, 0.1) is 18.6 Å². The highest BCUT2D eigenvalue weighted by Crippen LogP contribution is 2.27. The van der Waals surface area contributed by atoms with E-state index in [-0.39, 0.29) is 22.5 Å². The summed E-state index contributed by atoms with van der Waals surface area (Å²) in [5.74, 6) is -2.52. The fraction of sp³-hybridized carbons (Fsp3) is 0.0556. The molecule has 2 N–H and O–H groups in total. The molecule has 25 heavy (non-hydrogen) atoms. The summed E-state index contributed by atoms with van der Waals surface area (Å²) in [6.07, 6.45) is 3.63. The van der Waals surface area contributed by atoms with E-state index in [9.17, 15) is 18.7 Å². The number of nitrogens with one attached hydrogen (secondary N) is 1. The minimum Gasteiger partial charge on any atom is -0.478 e. The molecule has 0 fully saturated rings. The number of aromatic carboxylic acids is 1. The van der Waals surface area contributed by atoms with Gasteiger partial charge in [0.1, 0.15) is 5.69 Å². The van der Waals surface area contributed by atoms with Gasteiger partial charge < -0.3 is 10.4 Å². The van der Waals surface area contributed by atoms with Gasteiger partial charge in [-0.15, -0.1) is 0 Å². The number of carboxylic acid groups (broad SMARTS) is 1. The SMILES string of the molecule is Cc1ccc(Nc2cnc(-c3ccncc3F)c(F)c2)c(C(=O)O)c1. The zero-order chi connectivity index (χ0) is 18.0. The summed E-state index contributed by atoms with van der Waals surface area (Å²) in [4.78, 5) is 18.9. The van der Waals surface area contributed by atoms with Crippen molar-refractivity contribution in [3.63, 3.8) is 0 Å². The third-order valence-corrected chi connectivity index (χ3v) is 3.55. The Kier molecular flexibility index (Phi) is 4.38. The van der Waals surface area contributed by atoms with Gasteiger partial charge in [0, 0.05) is 17.8 Å². The second kappa shape index (κ2) is 6.64. The monoisotopic (exact) mass is 341 g/mol. The summed E-state index contributed by atoms with van der Waals surface area (Å²) in [7, 11) is 0. The normalized spacial score (nSPS) is 10.5. The summed E-state index contributed by atoms with van der Waals surface area (Å²) >= 11 is 0. The van der Waals surface area contributed by atoms with Gasteiger partial charge >= 0.3 is 5.97 Å². The van der Waals surface area contributed by atoms with Gasteiger partial charge in [-0.05, 0) is 25.1 Å². The molecule has 5 nitrogen and oxygen atoms in total. The van der Waals surface area contributed by atoms with Crippen LogP contribution in [0.4, 0.5) is 20.2 Å². The highest BCUT2D eigenvalue weighted by molar-refractivity contribution is 5.95. The molecule has 0 aliphatic rings. The van der Waals surface area contributed by atoms with Crippen LogP contribution in [0.1, 0.15) is 15.9 Å². The first-order chi connectivity index (χ1) is 12.0. The van der Waals surface area contributed by atoms with Gasteiger partial charge in [0.05, 0.1) is 29.3 Å². The van der Waals surface area contributed by atoms with Crippen molar-refractivity contribution in [3.8, 4) is 11.3 Å². The largest absolute Gasteiger partial charge is 0.478 e. The molecule has 2 heterocycles. The average Bonchev–Trinajstić information content (AvgIpc) is 2.57. The van der Waals surface area contributed by atoms with Gasteiger partial charge in [-0.2, -0.15) is 0 Å². The lowest BCUT2D eigenvalue weighted by Gasteiger charge is -2.11. The average molecular weight is 341 g/mol. The van der Waals surface area contributed by atoms with Gasteiger partial charge in [0.15, 0.2) is 11.6 Å². The smallest absolute Gasteiger partial charge is 0.337 e. The van der Waals surface area contributed by atoms with E-state index in [1.165, 1.54) is 24.5 Å². The number of benzene rings is 1. The Morgan fingerprint density at radius 1 is 1.12 bits per heavy atom. The number of carboxylic acids is 1. The molecule has 0 spiro atoms. The maximum atomic E-state index is 14.3. The Balaban J connectivity index is 1.95. The highest BCUT2D eigenvalue weighted by atomic mass is 19.1. The van der Waals surface area contributed by atoms with Crippen molar-refractivity contribution in [2.45, 2.75) is 6.92 Å². The van der Waals surface area contributed by atoms with E-state index >= 15 is 0 Å². The minimum atomic E-state index is -1.10. The van der Waals surface area contributed by atoms with E-state index in [0.717, 1.165) is 17.8 Å². The topological polar surface area (TPSA) is 75.1 Å². The van der Waals surface area contributed by atoms with Gasteiger partial charge in [-0.1, -0.05) is 11.6 Å². The van der Waals surface area contributed by atoms with Crippen LogP contribution in [0.2, 0.25) is 0 Å². The molecule has 0 unspecified atom stereocenters. The molecule has 0 amide bonds. The molecule has 0 radical (unpaired) electrons. The Morgan fingerprint density at radius 2 is 1.92 bits per heavy atom. The first-order valence-electron chi connectivity index (χ1n) is 7.32. The number of hydrogen-bond acceptors (Lipinski definition) is 4. The quantitative estimate of drug-likeness (QED) is 0.745. The molecule has 126 valence electrons. The van der Waals surface area contributed by atoms with E-state index in [2.05, 4.69) is 15.3 Å². The van der Waals surface area contributed by atoms with E-state index < -0.39 is 17.6 Å². The summed E-state index contributed by atoms with van der Waals surface area (Å²) in [5.41, 5.74) is 1.26. The van der Waals surface area contributed by atoms with Crippen LogP contribution in [-0.2, 0) is 0 Å². The number of rotatable bonds is 4. The first-order valence-corrected chi connectivity index (χ1v) is 7.32. The molecule has 3 aromatic rings. The number of hydrogen-bond donors (Lipinski definition) is 2. The molecule has 3 rings (SSSR count). The van der Waals surface area contributed by atoms with E-state index in [0.29, 0.717) is 5.69 Å². The molecular formula is C18H13F2N3O2. The Morgan fingerprint density at radius 3 is 2.60 bits per heavy atom. The molecule has 0 bridgehead atoms. The van der Waals surface area contributed by atoms with Crippen molar-refractivity contribution in [2.75, 3.05) is 5.32 Å². The standard InChI is InChI=1S/C18H13F2N3O2/c1-10-2-3-16(13(6-10)18(24)25)23-11-7-14(19)17(22-8-11)12-4-5-21-9-15(12)20/h2-9,23H,1H3,(H,24,25). The van der Waals surface area contributed by atoms with Gasteiger partial charge in [0.2, 0.25) is 0 Å². The predicted molar refractivity (Wildman–Crippen MR) is 88.8 cm³/mol. The van der Waals surface area contributed by atoms with E-state index in [4.69, 9.17) is 0 Å². The fourth-order valence-electron chi connectivity index (χ4n) is 2.37. The third kappa shape index (κ3) is 3.45. The highest BCUT2D eigenvalue weighted by Gasteiger charge is 2.14. The number of aromatic nitrogens is 2. The molecule has 0 saturated heterocycles. The van der Waals surface area contributed by atoms with Crippen molar-refractivity contribution >= 4 is 17.3 Å². The van der Waals surface area contributed by atoms with Crippen LogP contribution in [-0.4, -0.2) is 21.0 Å². The van der Waals surface area contributed by atoms with Crippen LogP contribution in [0.15, 0.2) is 48.9 Å². The van der Waals surface area contributed by atoms with Crippen molar-refractivity contribution in [1.29, 1.82) is 0 Å². The zero-order valence-electron chi connectivity index (χ0n) is 13.1. The Bertz CT molecular complexity index is 961. The van der Waals surface area contributed by atoms with Crippen LogP contribution < -0.4 is 5.32 Å². The van der Waals surface area contributed by atoms with Crippen molar-refractivity contribution in [2.24, 2.45) is 0 Å². The maximum absolute atomic E-state index is 14.3. The number of nitrogens with zero attached hydrogens (tertiary/aromatic N) is 2. The lowest BCUT2D eigenvalue weighted by atomic mass is 10.1. The number of aryl methyl sites for hydroxylation is 1. The number of pyridine rings is 2. The molecule has 0 atom stereocenters. The molecule has 0 aliphatic carbocycles. The molecule has 0 aliphatic heterocycles. The van der Waals surface area contributed by atoms with Gasteiger partial charge in [0.25, 0.3) is 0 Å². The summed E-state index contributed by atoms with van der Waals surface area (Å²) in [5, 5.41) is 12.1. The molecule has 7 heteroatoms. The lowest BCUT2D eigenvalue weighted by molar-refractivity contribution is 0.0698. The number of carbonyl (C=O) groups is 1. The van der Waals surface area contributed by atoms with E-state index in [1.807, 2.05) is 0 Å². The molecule has 2 aromatic heterocycles. The second-order valence-corrected chi connectivity index (χ2v) is 5.39. The number of anilines is 2. The van der Waals surface area contributed by atoms with E-state index in [1.54, 1.807) is 19.1 Å². The maximum Gasteiger partial charge on any atom is 0.337 e. The summed E-state index contributed by atoms with van der Waals surface area (Å²) in [6, 6.07) is 7.30. The zero-order valence-corrected chi connectivity index (χ0v) is 13.1. The summed E-state index contributed by atoms with van der Waals surface area (Å²) in [6.45, 7) is 1.77. The van der Waals surface area contributed by atoms with Crippen molar-refractivity contribution in [1.82, 2.24) is 9.97 Å². The fourth-order valence-corrected chi connectivity index (χ4v) is 2.37. The first kappa shape index (κ1) is 16.5. The molecule has 0 saturated carbocycles. The van der Waals surface area contributed by atoms with Crippen molar-refractivity contribution in [3.05, 3.63) is 71.7 Å². The third-order valence-electron chi connectivity index (χ3n) is 3.55. The van der Waals surface area contributed by atoms with Crippen LogP contribution in [0.5, 0.6) is 0 Å². The van der Waals surface area contributed by atoms with Gasteiger partial charge in [-0.25, -0.2) is 13.6 Å². The minimum absolute atomic E-state index is 0.000566. The van der Waals surface area contributed by atoms with Crippen LogP contribution in [0.25, 0.3) is 11.3 Å². The second-order valence-electron chi connectivity index (χ2n) is 5.39. The number of halogens is 2. The van der Waals surface area contributed by atoms with Crippen LogP contribution in [0.3, 0.4) is 0 Å². The van der Waals surface area contributed by atoms with Gasteiger partial charge in [-0.3, -0.25) is 9.97 Å².